The molecule has 2 N–H and O–H groups in total. The van der Waals surface area contributed by atoms with E-state index in [1.807, 2.05) is 56.7 Å². The number of H-pyrrole nitrogens is 1. The maximum Gasteiger partial charge on any atom is 0.232 e. The van der Waals surface area contributed by atoms with Gasteiger partial charge in [0.1, 0.15) is 5.52 Å². The van der Waals surface area contributed by atoms with Gasteiger partial charge in [-0.3, -0.25) is 4.79 Å². The van der Waals surface area contributed by atoms with Crippen LogP contribution in [-0.4, -0.2) is 56.5 Å². The zero-order valence-electron chi connectivity index (χ0n) is 27.0. The first kappa shape index (κ1) is 30.5. The molecule has 3 aromatic heterocycles. The van der Waals surface area contributed by atoms with Crippen LogP contribution in [0.2, 0.25) is 0 Å². The summed E-state index contributed by atoms with van der Waals surface area (Å²) >= 11 is 0. The molecule has 0 saturated heterocycles. The van der Waals surface area contributed by atoms with E-state index in [2.05, 4.69) is 83.5 Å². The third-order valence-electron chi connectivity index (χ3n) is 8.80. The number of likely N-dealkylation sites (N-methyl/N-ethyl adjacent to an activating group) is 1. The molecular weight excluding hydrogens is 532 g/mol. The Morgan fingerprint density at radius 3 is 2.47 bits per heavy atom. The van der Waals surface area contributed by atoms with E-state index in [0.717, 1.165) is 47.4 Å². The van der Waals surface area contributed by atoms with Crippen molar-refractivity contribution in [3.63, 3.8) is 0 Å². The van der Waals surface area contributed by atoms with Crippen LogP contribution in [0.3, 0.4) is 0 Å². The molecule has 5 rings (SSSR count). The summed E-state index contributed by atoms with van der Waals surface area (Å²) in [4.78, 5) is 28.3. The smallest absolute Gasteiger partial charge is 0.232 e. The zero-order chi connectivity index (χ0) is 30.9. The molecule has 1 amide bonds. The minimum absolute atomic E-state index is 0.163. The van der Waals surface area contributed by atoms with Crippen molar-refractivity contribution >= 4 is 28.0 Å². The summed E-state index contributed by atoms with van der Waals surface area (Å²) in [5.41, 5.74) is 10.7. The molecule has 7 nitrogen and oxygen atoms in total. The summed E-state index contributed by atoms with van der Waals surface area (Å²) in [7, 11) is 1.97. The summed E-state index contributed by atoms with van der Waals surface area (Å²) in [6.07, 6.45) is 4.65. The lowest BCUT2D eigenvalue weighted by Gasteiger charge is -2.31. The van der Waals surface area contributed by atoms with Crippen LogP contribution >= 0.6 is 0 Å². The van der Waals surface area contributed by atoms with Crippen molar-refractivity contribution in [2.75, 3.05) is 26.2 Å². The van der Waals surface area contributed by atoms with Gasteiger partial charge < -0.3 is 19.8 Å². The number of benzene rings is 2. The molecular formula is C36H46N6O. The first-order valence-corrected chi connectivity index (χ1v) is 15.5. The van der Waals surface area contributed by atoms with Gasteiger partial charge in [0.05, 0.1) is 17.4 Å². The highest BCUT2D eigenvalue weighted by molar-refractivity contribution is 5.94. The molecule has 0 aliphatic heterocycles. The molecule has 0 aliphatic carbocycles. The van der Waals surface area contributed by atoms with Gasteiger partial charge in [-0.25, -0.2) is 9.97 Å². The van der Waals surface area contributed by atoms with Crippen molar-refractivity contribution in [3.8, 4) is 11.3 Å². The average molecular weight is 579 g/mol. The maximum absolute atomic E-state index is 13.5. The van der Waals surface area contributed by atoms with Crippen molar-refractivity contribution in [1.82, 2.24) is 29.7 Å². The van der Waals surface area contributed by atoms with Crippen LogP contribution in [0, 0.1) is 13.8 Å². The number of aryl methyl sites for hydroxylation is 3. The molecule has 1 atom stereocenters. The Labute approximate surface area is 255 Å². The van der Waals surface area contributed by atoms with E-state index in [-0.39, 0.29) is 11.8 Å². The fourth-order valence-corrected chi connectivity index (χ4v) is 6.34. The van der Waals surface area contributed by atoms with Gasteiger partial charge in [-0.15, -0.1) is 0 Å². The third-order valence-corrected chi connectivity index (χ3v) is 8.80. The number of amides is 1. The van der Waals surface area contributed by atoms with E-state index in [1.54, 1.807) is 0 Å². The van der Waals surface area contributed by atoms with Crippen molar-refractivity contribution < 1.29 is 4.79 Å². The molecule has 226 valence electrons. The highest BCUT2D eigenvalue weighted by Gasteiger charge is 2.33. The summed E-state index contributed by atoms with van der Waals surface area (Å²) in [5.74, 6) is 0.398. The van der Waals surface area contributed by atoms with Gasteiger partial charge in [-0.2, -0.15) is 0 Å². The lowest BCUT2D eigenvalue weighted by atomic mass is 9.81. The van der Waals surface area contributed by atoms with Crippen LogP contribution in [0.4, 0.5) is 0 Å². The van der Waals surface area contributed by atoms with Gasteiger partial charge in [0, 0.05) is 43.8 Å². The largest absolute Gasteiger partial charge is 0.354 e. The molecule has 3 heterocycles. The Bertz CT molecular complexity index is 1740. The lowest BCUT2D eigenvalue weighted by molar-refractivity contribution is -0.135. The van der Waals surface area contributed by atoms with Gasteiger partial charge in [0.15, 0.2) is 5.65 Å². The van der Waals surface area contributed by atoms with Crippen molar-refractivity contribution in [2.24, 2.45) is 7.05 Å². The lowest BCUT2D eigenvalue weighted by Crippen LogP contribution is -2.43. The number of aromatic nitrogens is 4. The fourth-order valence-electron chi connectivity index (χ4n) is 6.34. The van der Waals surface area contributed by atoms with Gasteiger partial charge in [-0.1, -0.05) is 30.2 Å². The standard InChI is InChI=1S/C36H46N6O/c1-9-42(10-2)35(43)36(6,7)28-11-12-30-29(19-28)32(33(40-30)27-16-23(3)15-24(4)17-27)25(5)20-37-14-13-26-18-31-34(38-21-26)41(8)22-39-31/h11-12,15-19,21-22,25,37,40H,9-10,13-14,20H2,1-8H3/t25-/m1/s1. The van der Waals surface area contributed by atoms with E-state index in [4.69, 9.17) is 0 Å². The molecule has 0 fully saturated rings. The van der Waals surface area contributed by atoms with E-state index in [0.29, 0.717) is 13.1 Å². The third kappa shape index (κ3) is 6.09. The molecule has 0 aliphatic rings. The molecule has 2 aromatic carbocycles. The van der Waals surface area contributed by atoms with Gasteiger partial charge >= 0.3 is 0 Å². The number of rotatable bonds is 11. The number of hydrogen-bond donors (Lipinski definition) is 2. The molecule has 0 radical (unpaired) electrons. The van der Waals surface area contributed by atoms with E-state index >= 15 is 0 Å². The molecule has 0 spiro atoms. The fraction of sp³-hybridized carbons (Fsp3) is 0.417. The van der Waals surface area contributed by atoms with Gasteiger partial charge in [0.25, 0.3) is 0 Å². The number of carbonyl (C=O) groups excluding carboxylic acids is 1. The SMILES string of the molecule is CCN(CC)C(=O)C(C)(C)c1ccc2[nH]c(-c3cc(C)cc(C)c3)c([C@H](C)CNCCc3cnc4c(c3)ncn4C)c2c1. The van der Waals surface area contributed by atoms with Crippen LogP contribution in [-0.2, 0) is 23.7 Å². The number of nitrogens with zero attached hydrogens (tertiary/aromatic N) is 4. The predicted octanol–water partition coefficient (Wildman–Crippen LogP) is 6.82. The Kier molecular flexibility index (Phi) is 8.74. The normalized spacial score (nSPS) is 12.7. The zero-order valence-corrected chi connectivity index (χ0v) is 27.0. The second-order valence-corrected chi connectivity index (χ2v) is 12.5. The van der Waals surface area contributed by atoms with E-state index in [9.17, 15) is 4.79 Å². The van der Waals surface area contributed by atoms with Crippen molar-refractivity contribution in [3.05, 3.63) is 82.8 Å². The minimum atomic E-state index is -0.626. The summed E-state index contributed by atoms with van der Waals surface area (Å²) in [5, 5.41) is 4.89. The van der Waals surface area contributed by atoms with Crippen LogP contribution in [0.5, 0.6) is 0 Å². The highest BCUT2D eigenvalue weighted by Crippen LogP contribution is 2.38. The number of nitrogens with one attached hydrogen (secondary N) is 2. The number of aromatic amines is 1. The number of pyridine rings is 1. The minimum Gasteiger partial charge on any atom is -0.354 e. The first-order valence-electron chi connectivity index (χ1n) is 15.5. The Morgan fingerprint density at radius 1 is 1.05 bits per heavy atom. The molecule has 0 bridgehead atoms. The average Bonchev–Trinajstić information content (AvgIpc) is 3.55. The molecule has 0 unspecified atom stereocenters. The molecule has 5 aromatic rings. The molecule has 0 saturated carbocycles. The van der Waals surface area contributed by atoms with E-state index < -0.39 is 5.41 Å². The van der Waals surface area contributed by atoms with Gasteiger partial charge in [0.2, 0.25) is 5.91 Å². The topological polar surface area (TPSA) is 78.8 Å². The number of imidazole rings is 1. The first-order chi connectivity index (χ1) is 20.5. The second-order valence-electron chi connectivity index (χ2n) is 12.5. The van der Waals surface area contributed by atoms with Crippen LogP contribution in [0.1, 0.15) is 68.4 Å². The molecule has 43 heavy (non-hydrogen) atoms. The Balaban J connectivity index is 1.45. The summed E-state index contributed by atoms with van der Waals surface area (Å²) in [6.45, 7) is 17.9. The monoisotopic (exact) mass is 578 g/mol. The van der Waals surface area contributed by atoms with Crippen LogP contribution in [0.25, 0.3) is 33.3 Å². The van der Waals surface area contributed by atoms with Gasteiger partial charge in [-0.05, 0) is 113 Å². The van der Waals surface area contributed by atoms with Crippen molar-refractivity contribution in [2.45, 2.75) is 66.2 Å². The van der Waals surface area contributed by atoms with E-state index in [1.165, 1.54) is 33.2 Å². The second kappa shape index (κ2) is 12.3. The van der Waals surface area contributed by atoms with Crippen molar-refractivity contribution in [1.29, 1.82) is 0 Å². The maximum atomic E-state index is 13.5. The van der Waals surface area contributed by atoms with Crippen LogP contribution in [0.15, 0.2) is 55.0 Å². The predicted molar refractivity (Wildman–Crippen MR) is 178 cm³/mol. The number of carbonyl (C=O) groups is 1. The van der Waals surface area contributed by atoms with Crippen LogP contribution < -0.4 is 5.32 Å². The quantitative estimate of drug-likeness (QED) is 0.169. The Hall–Kier alpha value is -3.97. The molecule has 7 heteroatoms. The summed E-state index contributed by atoms with van der Waals surface area (Å²) < 4.78 is 1.94. The Morgan fingerprint density at radius 2 is 1.77 bits per heavy atom. The summed E-state index contributed by atoms with van der Waals surface area (Å²) in [6, 6.07) is 15.4. The highest BCUT2D eigenvalue weighted by atomic mass is 16.2. The number of hydrogen-bond acceptors (Lipinski definition) is 4. The number of fused-ring (bicyclic) bond motifs is 2.